The molecule has 0 spiro atoms. The lowest BCUT2D eigenvalue weighted by Gasteiger charge is -2.30. The highest BCUT2D eigenvalue weighted by molar-refractivity contribution is 7.91. The summed E-state index contributed by atoms with van der Waals surface area (Å²) in [6, 6.07) is 16.9. The highest BCUT2D eigenvalue weighted by Gasteiger charge is 2.34. The number of nitrogens with zero attached hydrogens (tertiary/aromatic N) is 1. The molecule has 7 heteroatoms. The average Bonchev–Trinajstić information content (AvgIpc) is 3.38. The Morgan fingerprint density at radius 2 is 1.83 bits per heavy atom. The molecule has 0 bridgehead atoms. The van der Waals surface area contributed by atoms with E-state index in [0.717, 1.165) is 37.2 Å². The van der Waals surface area contributed by atoms with E-state index in [1.54, 1.807) is 0 Å². The summed E-state index contributed by atoms with van der Waals surface area (Å²) in [4.78, 5) is 14.7. The molecule has 0 radical (unpaired) electrons. The van der Waals surface area contributed by atoms with E-state index in [2.05, 4.69) is 10.2 Å². The topological polar surface area (TPSA) is 75.7 Å². The van der Waals surface area contributed by atoms with Crippen LogP contribution in [0.1, 0.15) is 35.2 Å². The number of nitrogens with one attached hydrogen (secondary N) is 1. The fraction of sp³-hybridized carbons (Fsp3) is 0.435. The van der Waals surface area contributed by atoms with Crippen LogP contribution in [0.25, 0.3) is 0 Å². The van der Waals surface area contributed by atoms with Crippen LogP contribution in [-0.2, 0) is 21.1 Å². The maximum absolute atomic E-state index is 12.5. The van der Waals surface area contributed by atoms with E-state index in [1.807, 2.05) is 54.6 Å². The van der Waals surface area contributed by atoms with Crippen LogP contribution in [0.3, 0.4) is 0 Å². The summed E-state index contributed by atoms with van der Waals surface area (Å²) in [5, 5.41) is 2.89. The summed E-state index contributed by atoms with van der Waals surface area (Å²) in [7, 11) is -2.95. The lowest BCUT2D eigenvalue weighted by Crippen LogP contribution is -2.40. The highest BCUT2D eigenvalue weighted by atomic mass is 32.2. The smallest absolute Gasteiger partial charge is 0.255 e. The fourth-order valence-electron chi connectivity index (χ4n) is 4.18. The van der Waals surface area contributed by atoms with Gasteiger partial charge < -0.3 is 10.1 Å². The van der Waals surface area contributed by atoms with Gasteiger partial charge >= 0.3 is 0 Å². The first-order valence-electron chi connectivity index (χ1n) is 10.5. The number of hydrogen-bond acceptors (Lipinski definition) is 5. The lowest BCUT2D eigenvalue weighted by molar-refractivity contribution is 0.0574. The first-order valence-corrected chi connectivity index (χ1v) is 12.3. The summed E-state index contributed by atoms with van der Waals surface area (Å²) in [6.07, 6.45) is 2.93. The van der Waals surface area contributed by atoms with Crippen molar-refractivity contribution in [3.05, 3.63) is 65.7 Å². The molecule has 2 fully saturated rings. The molecule has 1 N–H and O–H groups in total. The third-order valence-corrected chi connectivity index (χ3v) is 7.57. The van der Waals surface area contributed by atoms with Crippen molar-refractivity contribution in [1.82, 2.24) is 4.90 Å². The SMILES string of the molecule is O=C(Nc1ccccc1)c1ccc(CN(CC2CCCO2)C2CCS(=O)(=O)C2)cc1. The third-order valence-electron chi connectivity index (χ3n) is 5.82. The van der Waals surface area contributed by atoms with Gasteiger partial charge in [-0.3, -0.25) is 9.69 Å². The number of amides is 1. The number of anilines is 1. The monoisotopic (exact) mass is 428 g/mol. The summed E-state index contributed by atoms with van der Waals surface area (Å²) in [5.74, 6) is 0.334. The van der Waals surface area contributed by atoms with Gasteiger partial charge in [0.1, 0.15) is 0 Å². The molecule has 2 aliphatic heterocycles. The van der Waals surface area contributed by atoms with E-state index in [0.29, 0.717) is 18.5 Å². The van der Waals surface area contributed by atoms with Crippen molar-refractivity contribution in [3.8, 4) is 0 Å². The summed E-state index contributed by atoms with van der Waals surface area (Å²) >= 11 is 0. The number of benzene rings is 2. The first kappa shape index (κ1) is 21.0. The average molecular weight is 429 g/mol. The minimum atomic E-state index is -2.95. The van der Waals surface area contributed by atoms with Crippen molar-refractivity contribution in [2.75, 3.05) is 30.0 Å². The lowest BCUT2D eigenvalue weighted by atomic mass is 10.1. The molecule has 6 nitrogen and oxygen atoms in total. The minimum absolute atomic E-state index is 0.0280. The molecule has 0 saturated carbocycles. The normalized spacial score (nSPS) is 23.0. The van der Waals surface area contributed by atoms with Gasteiger partial charge in [0.2, 0.25) is 0 Å². The first-order chi connectivity index (χ1) is 14.5. The summed E-state index contributed by atoms with van der Waals surface area (Å²) < 4.78 is 29.8. The maximum atomic E-state index is 12.5. The van der Waals surface area contributed by atoms with Crippen molar-refractivity contribution in [2.45, 2.75) is 38.0 Å². The molecular weight excluding hydrogens is 400 g/mol. The Bertz CT molecular complexity index is 954. The number of sulfone groups is 1. The van der Waals surface area contributed by atoms with Crippen molar-refractivity contribution in [3.63, 3.8) is 0 Å². The Hall–Kier alpha value is -2.22. The van der Waals surface area contributed by atoms with Crippen LogP contribution in [0.5, 0.6) is 0 Å². The van der Waals surface area contributed by atoms with Crippen LogP contribution in [-0.4, -0.2) is 56.0 Å². The van der Waals surface area contributed by atoms with Gasteiger partial charge in [-0.15, -0.1) is 0 Å². The van der Waals surface area contributed by atoms with Gasteiger partial charge in [0.05, 0.1) is 17.6 Å². The number of carbonyl (C=O) groups excluding carboxylic acids is 1. The largest absolute Gasteiger partial charge is 0.377 e. The van der Waals surface area contributed by atoms with Crippen LogP contribution in [0, 0.1) is 0 Å². The van der Waals surface area contributed by atoms with E-state index in [1.165, 1.54) is 0 Å². The molecule has 4 rings (SSSR count). The van der Waals surface area contributed by atoms with E-state index in [4.69, 9.17) is 4.74 Å². The molecule has 2 unspecified atom stereocenters. The second-order valence-electron chi connectivity index (χ2n) is 8.14. The predicted octanol–water partition coefficient (Wildman–Crippen LogP) is 3.11. The molecular formula is C23H28N2O4S. The standard InChI is InChI=1S/C23H28N2O4S/c26-23(24-20-5-2-1-3-6-20)19-10-8-18(9-11-19)15-25(16-22-7-4-13-29-22)21-12-14-30(27,28)17-21/h1-3,5-6,8-11,21-22H,4,7,12-17H2,(H,24,26). The molecule has 30 heavy (non-hydrogen) atoms. The molecule has 2 aliphatic rings. The van der Waals surface area contributed by atoms with Crippen LogP contribution >= 0.6 is 0 Å². The van der Waals surface area contributed by atoms with E-state index in [9.17, 15) is 13.2 Å². The second-order valence-corrected chi connectivity index (χ2v) is 10.4. The van der Waals surface area contributed by atoms with Crippen LogP contribution in [0.2, 0.25) is 0 Å². The molecule has 1 amide bonds. The number of hydrogen-bond donors (Lipinski definition) is 1. The molecule has 2 saturated heterocycles. The van der Waals surface area contributed by atoms with Crippen molar-refractivity contribution in [1.29, 1.82) is 0 Å². The van der Waals surface area contributed by atoms with E-state index < -0.39 is 9.84 Å². The van der Waals surface area contributed by atoms with Gasteiger partial charge in [-0.1, -0.05) is 30.3 Å². The Kier molecular flexibility index (Phi) is 6.51. The molecule has 2 aromatic rings. The van der Waals surface area contributed by atoms with Crippen molar-refractivity contribution in [2.24, 2.45) is 0 Å². The molecule has 2 heterocycles. The summed E-state index contributed by atoms with van der Waals surface area (Å²) in [6.45, 7) is 2.18. The number of para-hydroxylation sites is 1. The Morgan fingerprint density at radius 1 is 1.07 bits per heavy atom. The van der Waals surface area contributed by atoms with Crippen molar-refractivity contribution < 1.29 is 17.9 Å². The Morgan fingerprint density at radius 3 is 2.47 bits per heavy atom. The zero-order valence-electron chi connectivity index (χ0n) is 17.0. The number of ether oxygens (including phenoxy) is 1. The number of rotatable bonds is 7. The van der Waals surface area contributed by atoms with E-state index in [-0.39, 0.29) is 29.6 Å². The van der Waals surface area contributed by atoms with Crippen molar-refractivity contribution >= 4 is 21.4 Å². The highest BCUT2D eigenvalue weighted by Crippen LogP contribution is 2.23. The van der Waals surface area contributed by atoms with Gasteiger partial charge in [-0.2, -0.15) is 0 Å². The Labute approximate surface area is 178 Å². The molecule has 2 aromatic carbocycles. The van der Waals surface area contributed by atoms with Gasteiger partial charge in [0.15, 0.2) is 9.84 Å². The van der Waals surface area contributed by atoms with Gasteiger partial charge in [-0.05, 0) is 49.1 Å². The van der Waals surface area contributed by atoms with Crippen LogP contribution < -0.4 is 5.32 Å². The van der Waals surface area contributed by atoms with Gasteiger partial charge in [-0.25, -0.2) is 8.42 Å². The van der Waals surface area contributed by atoms with Crippen LogP contribution in [0.4, 0.5) is 5.69 Å². The molecule has 2 atom stereocenters. The predicted molar refractivity (Wildman–Crippen MR) is 117 cm³/mol. The molecule has 160 valence electrons. The van der Waals surface area contributed by atoms with E-state index >= 15 is 0 Å². The minimum Gasteiger partial charge on any atom is -0.377 e. The zero-order valence-corrected chi connectivity index (χ0v) is 17.8. The molecule has 0 aliphatic carbocycles. The number of carbonyl (C=O) groups is 1. The maximum Gasteiger partial charge on any atom is 0.255 e. The zero-order chi connectivity index (χ0) is 21.0. The quantitative estimate of drug-likeness (QED) is 0.733. The molecule has 0 aromatic heterocycles. The Balaban J connectivity index is 1.42. The third kappa shape index (κ3) is 5.47. The van der Waals surface area contributed by atoms with Gasteiger partial charge in [0.25, 0.3) is 5.91 Å². The van der Waals surface area contributed by atoms with Crippen LogP contribution in [0.15, 0.2) is 54.6 Å². The van der Waals surface area contributed by atoms with Gasteiger partial charge in [0, 0.05) is 37.0 Å². The second kappa shape index (κ2) is 9.29. The fourth-order valence-corrected chi connectivity index (χ4v) is 5.94. The summed E-state index contributed by atoms with van der Waals surface area (Å²) in [5.41, 5.74) is 2.42.